The number of nitro groups is 1. The van der Waals surface area contributed by atoms with Crippen molar-refractivity contribution in [3.8, 4) is 5.75 Å². The number of rotatable bonds is 5. The second kappa shape index (κ2) is 8.72. The lowest BCUT2D eigenvalue weighted by Gasteiger charge is -2.33. The van der Waals surface area contributed by atoms with Gasteiger partial charge in [-0.05, 0) is 43.2 Å². The minimum absolute atomic E-state index is 0.126. The summed E-state index contributed by atoms with van der Waals surface area (Å²) >= 11 is 0. The van der Waals surface area contributed by atoms with Crippen molar-refractivity contribution >= 4 is 32.1 Å². The van der Waals surface area contributed by atoms with Crippen molar-refractivity contribution in [3.63, 3.8) is 0 Å². The lowest BCUT2D eigenvalue weighted by molar-refractivity contribution is -0.384. The standard InChI is InChI=1S/C21H18F3N3O6S/c22-21(23,24)33-15-3-6-18-17(11-15)20(26-9-7-14(28)8-10-26)19(12-25-18)34(31,32)16-4-1-13(2-5-16)27(29)30/h1-6,11-12,14,28H,7-10H2. The molecule has 0 aliphatic carbocycles. The summed E-state index contributed by atoms with van der Waals surface area (Å²) < 4.78 is 69.4. The first-order valence-corrected chi connectivity index (χ1v) is 11.5. The molecule has 1 saturated heterocycles. The largest absolute Gasteiger partial charge is 0.573 e. The number of nitrogens with zero attached hydrogens (tertiary/aromatic N) is 3. The fraction of sp³-hybridized carbons (Fsp3) is 0.286. The molecule has 1 aliphatic rings. The fourth-order valence-electron chi connectivity index (χ4n) is 3.82. The van der Waals surface area contributed by atoms with Gasteiger partial charge in [0.05, 0.1) is 27.1 Å². The molecule has 1 aliphatic heterocycles. The predicted octanol–water partition coefficient (Wildman–Crippen LogP) is 3.84. The average Bonchev–Trinajstić information content (AvgIpc) is 2.78. The van der Waals surface area contributed by atoms with E-state index in [0.717, 1.165) is 42.6 Å². The van der Waals surface area contributed by atoms with Gasteiger partial charge in [-0.1, -0.05) is 0 Å². The number of alkyl halides is 3. The van der Waals surface area contributed by atoms with Crippen LogP contribution in [0.3, 0.4) is 0 Å². The van der Waals surface area contributed by atoms with Crippen LogP contribution in [0.5, 0.6) is 5.75 Å². The molecule has 2 aromatic carbocycles. The van der Waals surface area contributed by atoms with Gasteiger partial charge in [-0.15, -0.1) is 13.2 Å². The second-order valence-corrected chi connectivity index (χ2v) is 9.59. The summed E-state index contributed by atoms with van der Waals surface area (Å²) in [6, 6.07) is 7.72. The number of sulfone groups is 1. The van der Waals surface area contributed by atoms with Gasteiger partial charge in [-0.2, -0.15) is 0 Å². The maximum Gasteiger partial charge on any atom is 0.573 e. The van der Waals surface area contributed by atoms with E-state index in [1.807, 2.05) is 0 Å². The van der Waals surface area contributed by atoms with Gasteiger partial charge in [-0.25, -0.2) is 8.42 Å². The lowest BCUT2D eigenvalue weighted by Crippen LogP contribution is -2.36. The molecule has 13 heteroatoms. The smallest absolute Gasteiger partial charge is 0.406 e. The Kier molecular flexibility index (Phi) is 6.08. The first-order chi connectivity index (χ1) is 16.0. The lowest BCUT2D eigenvalue weighted by atomic mass is 10.1. The molecule has 34 heavy (non-hydrogen) atoms. The number of aromatic nitrogens is 1. The van der Waals surface area contributed by atoms with E-state index in [2.05, 4.69) is 9.72 Å². The second-order valence-electron chi connectivity index (χ2n) is 7.67. The minimum atomic E-state index is -4.95. The average molecular weight is 497 g/mol. The van der Waals surface area contributed by atoms with Crippen LogP contribution in [0.4, 0.5) is 24.5 Å². The molecule has 0 atom stereocenters. The van der Waals surface area contributed by atoms with Crippen LogP contribution >= 0.6 is 0 Å². The number of fused-ring (bicyclic) bond motifs is 1. The van der Waals surface area contributed by atoms with Crippen molar-refractivity contribution in [1.29, 1.82) is 0 Å². The molecule has 0 saturated carbocycles. The summed E-state index contributed by atoms with van der Waals surface area (Å²) in [5, 5.41) is 20.9. The number of anilines is 1. The van der Waals surface area contributed by atoms with Crippen molar-refractivity contribution < 1.29 is 36.4 Å². The van der Waals surface area contributed by atoms with Gasteiger partial charge in [0.15, 0.2) is 0 Å². The summed E-state index contributed by atoms with van der Waals surface area (Å²) in [5.41, 5.74) is 0.0796. The van der Waals surface area contributed by atoms with Gasteiger partial charge >= 0.3 is 6.36 Å². The van der Waals surface area contributed by atoms with Gasteiger partial charge in [0.25, 0.3) is 5.69 Å². The van der Waals surface area contributed by atoms with Gasteiger partial charge < -0.3 is 14.7 Å². The number of benzene rings is 2. The van der Waals surface area contributed by atoms with Gasteiger partial charge in [0, 0.05) is 36.8 Å². The summed E-state index contributed by atoms with van der Waals surface area (Å²) in [6.45, 7) is 0.515. The molecular weight excluding hydrogens is 479 g/mol. The Morgan fingerprint density at radius 3 is 2.35 bits per heavy atom. The molecule has 3 aromatic rings. The molecule has 0 unspecified atom stereocenters. The Labute approximate surface area is 191 Å². The zero-order chi connectivity index (χ0) is 24.7. The molecule has 1 fully saturated rings. The van der Waals surface area contributed by atoms with Crippen molar-refractivity contribution in [2.24, 2.45) is 0 Å². The number of aliphatic hydroxyl groups is 1. The molecule has 1 N–H and O–H groups in total. The summed E-state index contributed by atoms with van der Waals surface area (Å²) in [5.74, 6) is -0.537. The summed E-state index contributed by atoms with van der Waals surface area (Å²) in [6.07, 6.45) is -3.75. The molecular formula is C21H18F3N3O6S. The quantitative estimate of drug-likeness (QED) is 0.417. The number of piperidine rings is 1. The highest BCUT2D eigenvalue weighted by atomic mass is 32.2. The van der Waals surface area contributed by atoms with E-state index in [1.54, 1.807) is 4.90 Å². The molecule has 0 spiro atoms. The van der Waals surface area contributed by atoms with Gasteiger partial charge in [0.2, 0.25) is 9.84 Å². The summed E-state index contributed by atoms with van der Waals surface area (Å²) in [4.78, 5) is 15.6. The highest BCUT2D eigenvalue weighted by molar-refractivity contribution is 7.91. The third kappa shape index (κ3) is 4.75. The molecule has 0 amide bonds. The number of pyridine rings is 1. The maximum absolute atomic E-state index is 13.5. The molecule has 1 aromatic heterocycles. The van der Waals surface area contributed by atoms with Crippen molar-refractivity contribution in [3.05, 3.63) is 58.8 Å². The first-order valence-electron chi connectivity index (χ1n) is 10.1. The normalized spacial score (nSPS) is 15.5. The number of non-ortho nitro benzene ring substituents is 1. The molecule has 0 radical (unpaired) electrons. The number of halogens is 3. The van der Waals surface area contributed by atoms with Crippen LogP contribution in [0.2, 0.25) is 0 Å². The fourth-order valence-corrected chi connectivity index (χ4v) is 5.26. The van der Waals surface area contributed by atoms with Crippen molar-refractivity contribution in [2.45, 2.75) is 35.1 Å². The number of hydrogen-bond donors (Lipinski definition) is 1. The summed E-state index contributed by atoms with van der Waals surface area (Å²) in [7, 11) is -4.27. The van der Waals surface area contributed by atoms with Crippen LogP contribution in [0.1, 0.15) is 12.8 Å². The van der Waals surface area contributed by atoms with E-state index in [-0.39, 0.29) is 45.2 Å². The van der Waals surface area contributed by atoms with Crippen molar-refractivity contribution in [2.75, 3.05) is 18.0 Å². The number of hydrogen-bond acceptors (Lipinski definition) is 8. The van der Waals surface area contributed by atoms with Gasteiger partial charge in [0.1, 0.15) is 10.6 Å². The SMILES string of the molecule is O=[N+]([O-])c1ccc(S(=O)(=O)c2cnc3ccc(OC(F)(F)F)cc3c2N2CCC(O)CC2)cc1. The molecule has 180 valence electrons. The number of ether oxygens (including phenoxy) is 1. The highest BCUT2D eigenvalue weighted by Crippen LogP contribution is 2.39. The van der Waals surface area contributed by atoms with Crippen LogP contribution in [-0.4, -0.2) is 49.0 Å². The predicted molar refractivity (Wildman–Crippen MR) is 114 cm³/mol. The zero-order valence-corrected chi connectivity index (χ0v) is 18.2. The van der Waals surface area contributed by atoms with Crippen LogP contribution in [0.15, 0.2) is 58.5 Å². The maximum atomic E-state index is 13.5. The highest BCUT2D eigenvalue weighted by Gasteiger charge is 2.33. The topological polar surface area (TPSA) is 123 Å². The Balaban J connectivity index is 1.91. The Morgan fingerprint density at radius 2 is 1.76 bits per heavy atom. The monoisotopic (exact) mass is 497 g/mol. The third-order valence-electron chi connectivity index (χ3n) is 5.44. The van der Waals surface area contributed by atoms with Crippen LogP contribution in [0.25, 0.3) is 10.9 Å². The van der Waals surface area contributed by atoms with E-state index in [0.29, 0.717) is 12.8 Å². The molecule has 2 heterocycles. The van der Waals surface area contributed by atoms with E-state index in [9.17, 15) is 36.8 Å². The minimum Gasteiger partial charge on any atom is -0.406 e. The Bertz CT molecular complexity index is 1340. The molecule has 0 bridgehead atoms. The van der Waals surface area contributed by atoms with E-state index in [4.69, 9.17) is 0 Å². The van der Waals surface area contributed by atoms with Gasteiger partial charge in [-0.3, -0.25) is 15.1 Å². The van der Waals surface area contributed by atoms with E-state index in [1.165, 1.54) is 6.07 Å². The number of aliphatic hydroxyl groups excluding tert-OH is 1. The number of nitro benzene ring substituents is 1. The van der Waals surface area contributed by atoms with Crippen LogP contribution < -0.4 is 9.64 Å². The molecule has 4 rings (SSSR count). The Hall–Kier alpha value is -3.45. The van der Waals surface area contributed by atoms with Crippen LogP contribution in [-0.2, 0) is 9.84 Å². The third-order valence-corrected chi connectivity index (χ3v) is 7.21. The zero-order valence-electron chi connectivity index (χ0n) is 17.4. The Morgan fingerprint density at radius 1 is 1.12 bits per heavy atom. The van der Waals surface area contributed by atoms with E-state index < -0.39 is 33.0 Å². The molecule has 9 nitrogen and oxygen atoms in total. The van der Waals surface area contributed by atoms with Crippen molar-refractivity contribution in [1.82, 2.24) is 4.98 Å². The first kappa shape index (κ1) is 23.7. The van der Waals surface area contributed by atoms with E-state index >= 15 is 0 Å². The van der Waals surface area contributed by atoms with Crippen LogP contribution in [0, 0.1) is 10.1 Å².